The van der Waals surface area contributed by atoms with Crippen molar-refractivity contribution in [2.24, 2.45) is 0 Å². The number of benzene rings is 2. The van der Waals surface area contributed by atoms with Crippen molar-refractivity contribution in [3.8, 4) is 0 Å². The summed E-state index contributed by atoms with van der Waals surface area (Å²) in [5.74, 6) is -1.30. The van der Waals surface area contributed by atoms with Crippen LogP contribution >= 0.6 is 34.8 Å². The molecule has 0 aliphatic heterocycles. The van der Waals surface area contributed by atoms with E-state index in [1.54, 1.807) is 19.1 Å². The molecule has 1 atom stereocenters. The van der Waals surface area contributed by atoms with Gasteiger partial charge in [-0.3, -0.25) is 13.9 Å². The Hall–Kier alpha value is -2.21. The van der Waals surface area contributed by atoms with E-state index in [0.717, 1.165) is 23.3 Å². The molecule has 2 aromatic rings. The normalized spacial score (nSPS) is 12.7. The van der Waals surface area contributed by atoms with E-state index in [9.17, 15) is 31.2 Å². The Morgan fingerprint density at radius 2 is 1.68 bits per heavy atom. The number of carbonyl (C=O) groups is 2. The molecule has 0 heterocycles. The molecule has 0 bridgehead atoms. The molecule has 2 rings (SSSR count). The number of anilines is 1. The van der Waals surface area contributed by atoms with E-state index in [2.05, 4.69) is 5.32 Å². The van der Waals surface area contributed by atoms with Crippen LogP contribution in [0.5, 0.6) is 0 Å². The predicted octanol–water partition coefficient (Wildman–Crippen LogP) is 5.77. The van der Waals surface area contributed by atoms with E-state index in [-0.39, 0.29) is 18.0 Å². The Morgan fingerprint density at radius 1 is 1.03 bits per heavy atom. The molecule has 2 aromatic carbocycles. The van der Waals surface area contributed by atoms with Crippen LogP contribution in [0.15, 0.2) is 36.4 Å². The van der Waals surface area contributed by atoms with Gasteiger partial charge >= 0.3 is 6.18 Å². The Morgan fingerprint density at radius 3 is 2.21 bits per heavy atom. The van der Waals surface area contributed by atoms with Gasteiger partial charge in [0.1, 0.15) is 12.6 Å². The van der Waals surface area contributed by atoms with Crippen LogP contribution in [0.25, 0.3) is 0 Å². The second-order valence-electron chi connectivity index (χ2n) is 8.40. The van der Waals surface area contributed by atoms with Crippen LogP contribution < -0.4 is 9.62 Å². The van der Waals surface area contributed by atoms with E-state index >= 15 is 0 Å². The van der Waals surface area contributed by atoms with Crippen LogP contribution in [0.3, 0.4) is 0 Å². The maximum atomic E-state index is 13.6. The zero-order valence-corrected chi connectivity index (χ0v) is 23.9. The molecule has 0 fully saturated rings. The van der Waals surface area contributed by atoms with Crippen molar-refractivity contribution in [2.75, 3.05) is 23.7 Å². The van der Waals surface area contributed by atoms with Gasteiger partial charge in [-0.05, 0) is 48.7 Å². The fourth-order valence-electron chi connectivity index (χ4n) is 3.62. The first-order valence-corrected chi connectivity index (χ1v) is 14.4. The van der Waals surface area contributed by atoms with Crippen molar-refractivity contribution in [1.82, 2.24) is 10.2 Å². The Bertz CT molecular complexity index is 1280. The molecular weight excluding hydrogens is 590 g/mol. The number of nitrogens with one attached hydrogen (secondary N) is 1. The van der Waals surface area contributed by atoms with Gasteiger partial charge in [0.15, 0.2) is 0 Å². The molecule has 0 unspecified atom stereocenters. The maximum absolute atomic E-state index is 13.6. The summed E-state index contributed by atoms with van der Waals surface area (Å²) in [7, 11) is -4.24. The fraction of sp³-hybridized carbons (Fsp3) is 0.417. The molecule has 1 N–H and O–H groups in total. The molecular formula is C24H27Cl3F3N3O4S. The van der Waals surface area contributed by atoms with Gasteiger partial charge in [0.25, 0.3) is 0 Å². The third-order valence-corrected chi connectivity index (χ3v) is 7.57. The zero-order chi connectivity index (χ0) is 28.8. The van der Waals surface area contributed by atoms with Gasteiger partial charge in [0.05, 0.1) is 22.5 Å². The Labute approximate surface area is 234 Å². The third kappa shape index (κ3) is 8.39. The lowest BCUT2D eigenvalue weighted by Gasteiger charge is -2.33. The molecule has 7 nitrogen and oxygen atoms in total. The van der Waals surface area contributed by atoms with Crippen molar-refractivity contribution in [2.45, 2.75) is 45.5 Å². The number of sulfonamides is 1. The van der Waals surface area contributed by atoms with Crippen LogP contribution in [-0.2, 0) is 32.3 Å². The number of rotatable bonds is 11. The first kappa shape index (κ1) is 32.0. The molecule has 38 heavy (non-hydrogen) atoms. The van der Waals surface area contributed by atoms with E-state index < -0.39 is 56.9 Å². The molecule has 0 spiro atoms. The summed E-state index contributed by atoms with van der Waals surface area (Å²) in [6.07, 6.45) is -3.29. The molecule has 0 aromatic heterocycles. The highest BCUT2D eigenvalue weighted by Crippen LogP contribution is 2.37. The van der Waals surface area contributed by atoms with Gasteiger partial charge < -0.3 is 10.2 Å². The molecule has 2 amide bonds. The van der Waals surface area contributed by atoms with E-state index in [4.69, 9.17) is 34.8 Å². The summed E-state index contributed by atoms with van der Waals surface area (Å²) in [5, 5.41) is 2.65. The van der Waals surface area contributed by atoms with Gasteiger partial charge in [-0.25, -0.2) is 8.42 Å². The van der Waals surface area contributed by atoms with Crippen LogP contribution in [0.2, 0.25) is 15.1 Å². The zero-order valence-electron chi connectivity index (χ0n) is 20.8. The maximum Gasteiger partial charge on any atom is 0.417 e. The summed E-state index contributed by atoms with van der Waals surface area (Å²) >= 11 is 17.9. The summed E-state index contributed by atoms with van der Waals surface area (Å²) in [6, 6.07) is 6.07. The molecule has 0 saturated carbocycles. The minimum absolute atomic E-state index is 0.171. The lowest BCUT2D eigenvalue weighted by atomic mass is 10.1. The molecule has 0 saturated heterocycles. The molecule has 0 aliphatic carbocycles. The van der Waals surface area contributed by atoms with Crippen LogP contribution in [-0.4, -0.2) is 50.5 Å². The Balaban J connectivity index is 2.54. The lowest BCUT2D eigenvalue weighted by molar-refractivity contribution is -0.140. The Kier molecular flexibility index (Phi) is 11.1. The molecule has 210 valence electrons. The predicted molar refractivity (Wildman–Crippen MR) is 143 cm³/mol. The standard InChI is InChI=1S/C24H27Cl3F3N3O4S/c1-4-10-31-23(35)21(5-2)32(13-15-6-7-16(25)11-20(15)27)22(34)14-33(38(3,36)37)17-8-9-19(26)18(12-17)24(28,29)30/h6-9,11-12,21H,4-5,10,13-14H2,1-3H3,(H,31,35)/t21-/m0/s1. The van der Waals surface area contributed by atoms with Crippen molar-refractivity contribution in [3.63, 3.8) is 0 Å². The summed E-state index contributed by atoms with van der Waals surface area (Å²) < 4.78 is 66.1. The average molecular weight is 617 g/mol. The highest BCUT2D eigenvalue weighted by molar-refractivity contribution is 7.92. The van der Waals surface area contributed by atoms with E-state index in [1.165, 1.54) is 6.07 Å². The van der Waals surface area contributed by atoms with Crippen LogP contribution in [0.1, 0.15) is 37.8 Å². The van der Waals surface area contributed by atoms with Gasteiger partial charge in [-0.2, -0.15) is 13.2 Å². The number of halogens is 6. The highest BCUT2D eigenvalue weighted by atomic mass is 35.5. The van der Waals surface area contributed by atoms with Gasteiger partial charge in [-0.1, -0.05) is 54.7 Å². The second kappa shape index (κ2) is 13.2. The van der Waals surface area contributed by atoms with Crippen molar-refractivity contribution in [1.29, 1.82) is 0 Å². The summed E-state index contributed by atoms with van der Waals surface area (Å²) in [5.41, 5.74) is -1.23. The minimum atomic E-state index is -4.86. The van der Waals surface area contributed by atoms with Gasteiger partial charge in [-0.15, -0.1) is 0 Å². The lowest BCUT2D eigenvalue weighted by Crippen LogP contribution is -2.52. The quantitative estimate of drug-likeness (QED) is 0.348. The highest BCUT2D eigenvalue weighted by Gasteiger charge is 2.36. The molecule has 14 heteroatoms. The topological polar surface area (TPSA) is 86.8 Å². The van der Waals surface area contributed by atoms with Crippen molar-refractivity contribution >= 4 is 62.3 Å². The summed E-state index contributed by atoms with van der Waals surface area (Å²) in [4.78, 5) is 27.7. The van der Waals surface area contributed by atoms with Crippen LogP contribution in [0, 0.1) is 0 Å². The second-order valence-corrected chi connectivity index (χ2v) is 11.6. The first-order chi connectivity index (χ1) is 17.6. The monoisotopic (exact) mass is 615 g/mol. The number of alkyl halides is 3. The van der Waals surface area contributed by atoms with Crippen LogP contribution in [0.4, 0.5) is 18.9 Å². The van der Waals surface area contributed by atoms with Gasteiger partial charge in [0, 0.05) is 23.1 Å². The number of carbonyl (C=O) groups excluding carboxylic acids is 2. The average Bonchev–Trinajstić information content (AvgIpc) is 2.81. The molecule has 0 aliphatic rings. The van der Waals surface area contributed by atoms with Crippen molar-refractivity contribution in [3.05, 3.63) is 62.6 Å². The molecule has 0 radical (unpaired) electrons. The summed E-state index contributed by atoms with van der Waals surface area (Å²) in [6.45, 7) is 2.81. The number of hydrogen-bond donors (Lipinski definition) is 1. The number of nitrogens with zero attached hydrogens (tertiary/aromatic N) is 2. The first-order valence-electron chi connectivity index (χ1n) is 11.5. The fourth-order valence-corrected chi connectivity index (χ4v) is 5.15. The SMILES string of the molecule is CCCNC(=O)[C@H](CC)N(Cc1ccc(Cl)cc1Cl)C(=O)CN(c1ccc(Cl)c(C(F)(F)F)c1)S(C)(=O)=O. The van der Waals surface area contributed by atoms with Crippen molar-refractivity contribution < 1.29 is 31.2 Å². The van der Waals surface area contributed by atoms with E-state index in [1.807, 2.05) is 6.92 Å². The van der Waals surface area contributed by atoms with Gasteiger partial charge in [0.2, 0.25) is 21.8 Å². The smallest absolute Gasteiger partial charge is 0.354 e. The third-order valence-electron chi connectivity index (χ3n) is 5.51. The number of hydrogen-bond acceptors (Lipinski definition) is 4. The largest absolute Gasteiger partial charge is 0.417 e. The van der Waals surface area contributed by atoms with E-state index in [0.29, 0.717) is 33.9 Å². The number of amides is 2. The minimum Gasteiger partial charge on any atom is -0.354 e.